The average Bonchev–Trinajstić information content (AvgIpc) is 2.22. The monoisotopic (exact) mass is 238 g/mol. The Labute approximate surface area is 105 Å². The maximum Gasteiger partial charge on any atom is 0.330 e. The summed E-state index contributed by atoms with van der Waals surface area (Å²) in [5.74, 6) is 1.14. The second-order valence-corrected chi connectivity index (χ2v) is 6.39. The summed E-state index contributed by atoms with van der Waals surface area (Å²) in [6.07, 6.45) is 5.95. The first-order valence-electron chi connectivity index (χ1n) is 6.68. The molecule has 2 unspecified atom stereocenters. The Morgan fingerprint density at radius 2 is 2.18 bits per heavy atom. The van der Waals surface area contributed by atoms with Gasteiger partial charge in [-0.2, -0.15) is 0 Å². The zero-order chi connectivity index (χ0) is 13.1. The van der Waals surface area contributed by atoms with E-state index in [2.05, 4.69) is 34.3 Å². The van der Waals surface area contributed by atoms with Gasteiger partial charge in [0.2, 0.25) is 0 Å². The van der Waals surface area contributed by atoms with E-state index in [1.807, 2.05) is 0 Å². The fourth-order valence-electron chi connectivity index (χ4n) is 2.75. The third-order valence-electron chi connectivity index (χ3n) is 3.85. The standard InChI is InChI=1S/C15H26O2/c1-6-14(16)17-13-10-12(9-11(2)3)7-8-15(13,4)5/h6,11-13H,1,7-10H2,2-5H3. The van der Waals surface area contributed by atoms with Crippen LogP contribution in [-0.2, 0) is 9.53 Å². The summed E-state index contributed by atoms with van der Waals surface area (Å²) in [7, 11) is 0. The Bertz CT molecular complexity index is 279. The molecule has 1 rings (SSSR count). The minimum atomic E-state index is -0.284. The van der Waals surface area contributed by atoms with Gasteiger partial charge in [0.1, 0.15) is 6.10 Å². The second-order valence-electron chi connectivity index (χ2n) is 6.39. The molecule has 17 heavy (non-hydrogen) atoms. The second kappa shape index (κ2) is 5.70. The van der Waals surface area contributed by atoms with Gasteiger partial charge in [-0.15, -0.1) is 0 Å². The molecule has 98 valence electrons. The van der Waals surface area contributed by atoms with Crippen molar-refractivity contribution in [3.63, 3.8) is 0 Å². The van der Waals surface area contributed by atoms with Gasteiger partial charge in [0.25, 0.3) is 0 Å². The lowest BCUT2D eigenvalue weighted by Gasteiger charge is -2.41. The molecule has 0 aromatic rings. The molecule has 0 aliphatic heterocycles. The van der Waals surface area contributed by atoms with Crippen molar-refractivity contribution in [2.75, 3.05) is 0 Å². The van der Waals surface area contributed by atoms with Crippen molar-refractivity contribution >= 4 is 5.97 Å². The SMILES string of the molecule is C=CC(=O)OC1CC(CC(C)C)CCC1(C)C. The summed E-state index contributed by atoms with van der Waals surface area (Å²) in [5.41, 5.74) is 0.103. The van der Waals surface area contributed by atoms with E-state index in [0.717, 1.165) is 18.8 Å². The Morgan fingerprint density at radius 3 is 2.71 bits per heavy atom. The predicted molar refractivity (Wildman–Crippen MR) is 70.7 cm³/mol. The van der Waals surface area contributed by atoms with E-state index >= 15 is 0 Å². The number of esters is 1. The van der Waals surface area contributed by atoms with Crippen LogP contribution in [0.4, 0.5) is 0 Å². The maximum absolute atomic E-state index is 11.4. The Balaban J connectivity index is 2.62. The van der Waals surface area contributed by atoms with E-state index in [-0.39, 0.29) is 17.5 Å². The van der Waals surface area contributed by atoms with Crippen LogP contribution in [0.2, 0.25) is 0 Å². The van der Waals surface area contributed by atoms with E-state index in [4.69, 9.17) is 4.74 Å². The van der Waals surface area contributed by atoms with Gasteiger partial charge >= 0.3 is 5.97 Å². The molecule has 0 spiro atoms. The third kappa shape index (κ3) is 4.18. The average molecular weight is 238 g/mol. The van der Waals surface area contributed by atoms with Crippen molar-refractivity contribution < 1.29 is 9.53 Å². The third-order valence-corrected chi connectivity index (χ3v) is 3.85. The van der Waals surface area contributed by atoms with Crippen LogP contribution in [0.1, 0.15) is 53.4 Å². The van der Waals surface area contributed by atoms with Crippen molar-refractivity contribution in [2.24, 2.45) is 17.3 Å². The lowest BCUT2D eigenvalue weighted by atomic mass is 9.69. The van der Waals surface area contributed by atoms with Crippen LogP contribution in [0.3, 0.4) is 0 Å². The predicted octanol–water partition coefficient (Wildman–Crippen LogP) is 3.96. The van der Waals surface area contributed by atoms with Gasteiger partial charge < -0.3 is 4.74 Å². The summed E-state index contributed by atoms with van der Waals surface area (Å²) in [5, 5.41) is 0. The van der Waals surface area contributed by atoms with Crippen LogP contribution in [0.15, 0.2) is 12.7 Å². The fraction of sp³-hybridized carbons (Fsp3) is 0.800. The molecule has 0 bridgehead atoms. The first-order chi connectivity index (χ1) is 7.85. The van der Waals surface area contributed by atoms with Gasteiger partial charge in [0.05, 0.1) is 0 Å². The molecule has 0 N–H and O–H groups in total. The smallest absolute Gasteiger partial charge is 0.330 e. The zero-order valence-electron chi connectivity index (χ0n) is 11.7. The summed E-state index contributed by atoms with van der Waals surface area (Å²) < 4.78 is 5.51. The highest BCUT2D eigenvalue weighted by Gasteiger charge is 2.38. The summed E-state index contributed by atoms with van der Waals surface area (Å²) >= 11 is 0. The van der Waals surface area contributed by atoms with Gasteiger partial charge in [-0.25, -0.2) is 4.79 Å². The quantitative estimate of drug-likeness (QED) is 0.547. The van der Waals surface area contributed by atoms with Gasteiger partial charge in [0, 0.05) is 11.5 Å². The molecular weight excluding hydrogens is 212 g/mol. The molecule has 1 aliphatic carbocycles. The van der Waals surface area contributed by atoms with Crippen LogP contribution in [-0.4, -0.2) is 12.1 Å². The van der Waals surface area contributed by atoms with Crippen molar-refractivity contribution in [2.45, 2.75) is 59.5 Å². The highest BCUT2D eigenvalue weighted by molar-refractivity contribution is 5.81. The van der Waals surface area contributed by atoms with Crippen LogP contribution >= 0.6 is 0 Å². The van der Waals surface area contributed by atoms with E-state index in [0.29, 0.717) is 5.92 Å². The summed E-state index contributed by atoms with van der Waals surface area (Å²) in [6.45, 7) is 12.4. The molecule has 2 heteroatoms. The fourth-order valence-corrected chi connectivity index (χ4v) is 2.75. The molecule has 0 aromatic carbocycles. The van der Waals surface area contributed by atoms with Gasteiger partial charge in [-0.3, -0.25) is 0 Å². The molecule has 0 radical (unpaired) electrons. The minimum Gasteiger partial charge on any atom is -0.459 e. The van der Waals surface area contributed by atoms with Crippen molar-refractivity contribution in [1.29, 1.82) is 0 Å². The number of carbonyl (C=O) groups excluding carboxylic acids is 1. The van der Waals surface area contributed by atoms with E-state index < -0.39 is 0 Å². The molecule has 1 saturated carbocycles. The molecule has 2 atom stereocenters. The van der Waals surface area contributed by atoms with Crippen molar-refractivity contribution in [3.05, 3.63) is 12.7 Å². The first-order valence-corrected chi connectivity index (χ1v) is 6.68. The number of carbonyl (C=O) groups is 1. The van der Waals surface area contributed by atoms with Gasteiger partial charge in [-0.05, 0) is 37.5 Å². The number of rotatable bonds is 4. The zero-order valence-corrected chi connectivity index (χ0v) is 11.7. The molecule has 0 heterocycles. The number of ether oxygens (including phenoxy) is 1. The van der Waals surface area contributed by atoms with E-state index in [1.165, 1.54) is 18.9 Å². The van der Waals surface area contributed by atoms with Gasteiger partial charge in [0.15, 0.2) is 0 Å². The Kier molecular flexibility index (Phi) is 4.79. The van der Waals surface area contributed by atoms with E-state index in [1.54, 1.807) is 0 Å². The largest absolute Gasteiger partial charge is 0.459 e. The van der Waals surface area contributed by atoms with Gasteiger partial charge in [-0.1, -0.05) is 34.3 Å². The topological polar surface area (TPSA) is 26.3 Å². The van der Waals surface area contributed by atoms with Crippen LogP contribution in [0.25, 0.3) is 0 Å². The Morgan fingerprint density at radius 1 is 1.53 bits per heavy atom. The van der Waals surface area contributed by atoms with Crippen LogP contribution < -0.4 is 0 Å². The number of hydrogen-bond acceptors (Lipinski definition) is 2. The Hall–Kier alpha value is -0.790. The lowest BCUT2D eigenvalue weighted by Crippen LogP contribution is -2.39. The molecule has 1 aliphatic rings. The van der Waals surface area contributed by atoms with E-state index in [9.17, 15) is 4.79 Å². The molecule has 0 amide bonds. The highest BCUT2D eigenvalue weighted by Crippen LogP contribution is 2.42. The van der Waals surface area contributed by atoms with Crippen LogP contribution in [0.5, 0.6) is 0 Å². The maximum atomic E-state index is 11.4. The molecule has 2 nitrogen and oxygen atoms in total. The summed E-state index contributed by atoms with van der Waals surface area (Å²) in [4.78, 5) is 11.4. The number of hydrogen-bond donors (Lipinski definition) is 0. The first kappa shape index (κ1) is 14.3. The normalized spacial score (nSPS) is 27.8. The van der Waals surface area contributed by atoms with Crippen molar-refractivity contribution in [1.82, 2.24) is 0 Å². The van der Waals surface area contributed by atoms with Crippen LogP contribution in [0, 0.1) is 17.3 Å². The highest BCUT2D eigenvalue weighted by atomic mass is 16.5. The molecule has 0 saturated heterocycles. The molecule has 1 fully saturated rings. The summed E-state index contributed by atoms with van der Waals surface area (Å²) in [6, 6.07) is 0. The lowest BCUT2D eigenvalue weighted by molar-refractivity contribution is -0.153. The minimum absolute atomic E-state index is 0.0468. The molecular formula is C15H26O2. The molecule has 0 aromatic heterocycles. The van der Waals surface area contributed by atoms with Crippen molar-refractivity contribution in [3.8, 4) is 0 Å².